The van der Waals surface area contributed by atoms with Gasteiger partial charge in [0.25, 0.3) is 11.8 Å². The van der Waals surface area contributed by atoms with E-state index >= 15 is 0 Å². The van der Waals surface area contributed by atoms with Crippen LogP contribution in [-0.2, 0) is 18.4 Å². The molecule has 7 heteroatoms. The maximum atomic E-state index is 12.6. The molecule has 0 spiro atoms. The minimum Gasteiger partial charge on any atom is -0.403 e. The number of nitrogens with zero attached hydrogens (tertiary/aromatic N) is 1. The summed E-state index contributed by atoms with van der Waals surface area (Å²) in [6, 6.07) is 0. The number of amides is 2. The van der Waals surface area contributed by atoms with Crippen LogP contribution in [0.25, 0.3) is 0 Å². The highest BCUT2D eigenvalue weighted by atomic mass is 28.4. The molecule has 0 N–H and O–H groups in total. The Bertz CT molecular complexity index is 472. The van der Waals surface area contributed by atoms with Gasteiger partial charge < -0.3 is 8.85 Å². The Kier molecular flexibility index (Phi) is 5.69. The second-order valence-corrected chi connectivity index (χ2v) is 19.3. The zero-order valence-electron chi connectivity index (χ0n) is 17.2. The quantitative estimate of drug-likeness (QED) is 0.556. The second-order valence-electron chi connectivity index (χ2n) is 9.83. The van der Waals surface area contributed by atoms with Gasteiger partial charge in [0.15, 0.2) is 28.8 Å². The Hall–Kier alpha value is -0.506. The third-order valence-corrected chi connectivity index (χ3v) is 14.8. The summed E-state index contributed by atoms with van der Waals surface area (Å²) in [6.45, 7) is 21.1. The van der Waals surface area contributed by atoms with Gasteiger partial charge in [-0.1, -0.05) is 41.5 Å². The molecule has 1 aliphatic rings. The van der Waals surface area contributed by atoms with E-state index in [0.717, 1.165) is 4.90 Å². The molecule has 140 valence electrons. The summed E-state index contributed by atoms with van der Waals surface area (Å²) in [5.74, 6) is -0.568. The molecule has 0 aromatic rings. The van der Waals surface area contributed by atoms with Crippen LogP contribution < -0.4 is 0 Å². The first-order valence-electron chi connectivity index (χ1n) is 8.59. The molecule has 0 aromatic heterocycles. The zero-order chi connectivity index (χ0) is 19.3. The summed E-state index contributed by atoms with van der Waals surface area (Å²) in [5.41, 5.74) is 0. The van der Waals surface area contributed by atoms with E-state index in [9.17, 15) is 9.59 Å². The van der Waals surface area contributed by atoms with Crippen molar-refractivity contribution in [3.05, 3.63) is 0 Å². The Labute approximate surface area is 149 Å². The minimum absolute atomic E-state index is 0.0426. The average molecular weight is 374 g/mol. The molecular weight excluding hydrogens is 338 g/mol. The molecule has 1 saturated heterocycles. The van der Waals surface area contributed by atoms with Gasteiger partial charge in [-0.2, -0.15) is 0 Å². The first kappa shape index (κ1) is 21.5. The fourth-order valence-corrected chi connectivity index (χ4v) is 4.39. The summed E-state index contributed by atoms with van der Waals surface area (Å²) in [6.07, 6.45) is -1.64. The lowest BCUT2D eigenvalue weighted by Gasteiger charge is -2.41. The zero-order valence-corrected chi connectivity index (χ0v) is 19.2. The van der Waals surface area contributed by atoms with Crippen LogP contribution in [0.15, 0.2) is 0 Å². The van der Waals surface area contributed by atoms with Gasteiger partial charge in [-0.15, -0.1) is 0 Å². The fourth-order valence-electron chi connectivity index (χ4n) is 1.96. The first-order valence-corrected chi connectivity index (χ1v) is 14.4. The third kappa shape index (κ3) is 4.00. The maximum absolute atomic E-state index is 12.6. The molecule has 0 bridgehead atoms. The van der Waals surface area contributed by atoms with E-state index in [1.165, 1.54) is 7.05 Å². The van der Waals surface area contributed by atoms with Gasteiger partial charge >= 0.3 is 0 Å². The van der Waals surface area contributed by atoms with Crippen molar-refractivity contribution < 1.29 is 18.4 Å². The van der Waals surface area contributed by atoms with E-state index < -0.39 is 28.8 Å². The van der Waals surface area contributed by atoms with Crippen molar-refractivity contribution in [2.45, 2.75) is 90.0 Å². The average Bonchev–Trinajstić information content (AvgIpc) is 2.53. The number of likely N-dealkylation sites (N-methyl/N-ethyl adjacent to an activating group) is 1. The van der Waals surface area contributed by atoms with Crippen LogP contribution in [0.1, 0.15) is 41.5 Å². The number of imide groups is 1. The summed E-state index contributed by atoms with van der Waals surface area (Å²) in [7, 11) is -2.88. The molecule has 0 radical (unpaired) electrons. The lowest BCUT2D eigenvalue weighted by molar-refractivity contribution is -0.139. The van der Waals surface area contributed by atoms with E-state index in [4.69, 9.17) is 8.85 Å². The molecule has 1 rings (SSSR count). The van der Waals surface area contributed by atoms with Crippen LogP contribution in [0.4, 0.5) is 0 Å². The molecule has 0 unspecified atom stereocenters. The van der Waals surface area contributed by atoms with Crippen molar-refractivity contribution >= 4 is 28.4 Å². The Morgan fingerprint density at radius 1 is 0.750 bits per heavy atom. The molecule has 5 nitrogen and oxygen atoms in total. The van der Waals surface area contributed by atoms with Crippen LogP contribution >= 0.6 is 0 Å². The lowest BCUT2D eigenvalue weighted by Crippen LogP contribution is -2.52. The molecule has 0 saturated carbocycles. The molecular formula is C17H35NO4Si2. The summed E-state index contributed by atoms with van der Waals surface area (Å²) in [5, 5.41) is -0.0853. The number of hydrogen-bond donors (Lipinski definition) is 0. The largest absolute Gasteiger partial charge is 0.403 e. The Morgan fingerprint density at radius 3 is 1.21 bits per heavy atom. The van der Waals surface area contributed by atoms with Gasteiger partial charge in [0, 0.05) is 7.05 Å². The van der Waals surface area contributed by atoms with Crippen LogP contribution in [0.2, 0.25) is 36.3 Å². The van der Waals surface area contributed by atoms with E-state index in [1.54, 1.807) is 0 Å². The lowest BCUT2D eigenvalue weighted by atomic mass is 10.2. The highest BCUT2D eigenvalue weighted by Gasteiger charge is 2.54. The number of rotatable bonds is 4. The van der Waals surface area contributed by atoms with Gasteiger partial charge in [0.1, 0.15) is 0 Å². The number of hydrogen-bond acceptors (Lipinski definition) is 4. The predicted molar refractivity (Wildman–Crippen MR) is 102 cm³/mol. The van der Waals surface area contributed by atoms with Gasteiger partial charge in [-0.05, 0) is 36.3 Å². The standard InChI is InChI=1S/C17H35NO4Si2/c1-16(2,3)23(8,9)21-12-13(15(20)18(7)14(12)19)22-24(10,11)17(4,5)6/h12-13H,1-11H3/t12-,13-/m1/s1. The van der Waals surface area contributed by atoms with E-state index in [0.29, 0.717) is 0 Å². The molecule has 0 aromatic carbocycles. The number of carbonyl (C=O) groups excluding carboxylic acids is 2. The van der Waals surface area contributed by atoms with E-state index in [2.05, 4.69) is 67.7 Å². The second kappa shape index (κ2) is 6.34. The SMILES string of the molecule is CN1C(=O)[C@H](O[Si](C)(C)C(C)(C)C)[C@@H](O[Si](C)(C)C(C)(C)C)C1=O. The van der Waals surface area contributed by atoms with Crippen LogP contribution in [0, 0.1) is 0 Å². The fraction of sp³-hybridized carbons (Fsp3) is 0.882. The molecule has 1 heterocycles. The molecule has 2 atom stereocenters. The Morgan fingerprint density at radius 2 is 1.00 bits per heavy atom. The topological polar surface area (TPSA) is 55.8 Å². The highest BCUT2D eigenvalue weighted by Crippen LogP contribution is 2.41. The first-order chi connectivity index (χ1) is 10.4. The van der Waals surface area contributed by atoms with E-state index in [1.807, 2.05) is 0 Å². The van der Waals surface area contributed by atoms with Crippen LogP contribution in [0.3, 0.4) is 0 Å². The minimum atomic E-state index is -2.20. The molecule has 1 fully saturated rings. The normalized spacial score (nSPS) is 24.0. The smallest absolute Gasteiger partial charge is 0.260 e. The Balaban J connectivity index is 3.16. The van der Waals surface area contributed by atoms with Gasteiger partial charge in [-0.3, -0.25) is 14.5 Å². The number of likely N-dealkylation sites (tertiary alicyclic amines) is 1. The van der Waals surface area contributed by atoms with Crippen molar-refractivity contribution in [3.8, 4) is 0 Å². The van der Waals surface area contributed by atoms with Crippen molar-refractivity contribution in [2.24, 2.45) is 0 Å². The molecule has 0 aliphatic carbocycles. The number of carbonyl (C=O) groups is 2. The monoisotopic (exact) mass is 373 g/mol. The third-order valence-electron chi connectivity index (χ3n) is 5.88. The van der Waals surface area contributed by atoms with Crippen LogP contribution in [0.5, 0.6) is 0 Å². The van der Waals surface area contributed by atoms with E-state index in [-0.39, 0.29) is 21.9 Å². The maximum Gasteiger partial charge on any atom is 0.260 e. The summed E-state index contributed by atoms with van der Waals surface area (Å²) in [4.78, 5) is 26.4. The van der Waals surface area contributed by atoms with Crippen LogP contribution in [-0.4, -0.2) is 52.6 Å². The summed E-state index contributed by atoms with van der Waals surface area (Å²) < 4.78 is 12.6. The van der Waals surface area contributed by atoms with Crippen molar-refractivity contribution in [1.29, 1.82) is 0 Å². The highest BCUT2D eigenvalue weighted by molar-refractivity contribution is 6.75. The van der Waals surface area contributed by atoms with Gasteiger partial charge in [-0.25, -0.2) is 0 Å². The summed E-state index contributed by atoms with van der Waals surface area (Å²) >= 11 is 0. The molecule has 1 aliphatic heterocycles. The van der Waals surface area contributed by atoms with Crippen molar-refractivity contribution in [3.63, 3.8) is 0 Å². The van der Waals surface area contributed by atoms with Gasteiger partial charge in [0.05, 0.1) is 0 Å². The van der Waals surface area contributed by atoms with Crippen molar-refractivity contribution in [1.82, 2.24) is 4.90 Å². The molecule has 2 amide bonds. The van der Waals surface area contributed by atoms with Crippen molar-refractivity contribution in [2.75, 3.05) is 7.05 Å². The molecule has 24 heavy (non-hydrogen) atoms. The van der Waals surface area contributed by atoms with Gasteiger partial charge in [0.2, 0.25) is 0 Å². The predicted octanol–water partition coefficient (Wildman–Crippen LogP) is 3.77.